The van der Waals surface area contributed by atoms with Gasteiger partial charge in [-0.05, 0) is 12.8 Å². The van der Waals surface area contributed by atoms with Crippen molar-refractivity contribution < 1.29 is 32.6 Å². The van der Waals surface area contributed by atoms with E-state index in [9.17, 15) is 14.0 Å². The summed E-state index contributed by atoms with van der Waals surface area (Å²) in [6.45, 7) is 3.87. The minimum absolute atomic E-state index is 0.0257. The van der Waals surface area contributed by atoms with Gasteiger partial charge in [-0.3, -0.25) is 4.52 Å². The second-order valence-corrected chi connectivity index (χ2v) is 7.48. The summed E-state index contributed by atoms with van der Waals surface area (Å²) in [5.41, 5.74) is 4.55. The predicted molar refractivity (Wildman–Crippen MR) is 74.9 cm³/mol. The van der Waals surface area contributed by atoms with Crippen molar-refractivity contribution in [3.05, 3.63) is 0 Å². The van der Waals surface area contributed by atoms with Gasteiger partial charge in [0.1, 0.15) is 0 Å². The highest BCUT2D eigenvalue weighted by molar-refractivity contribution is 7.60. The van der Waals surface area contributed by atoms with Gasteiger partial charge in [-0.1, -0.05) is 39.5 Å². The zero-order chi connectivity index (χ0) is 15.9. The molecule has 0 aliphatic heterocycles. The summed E-state index contributed by atoms with van der Waals surface area (Å²) in [6, 6.07) is 0. The number of hydrogen-bond donors (Lipinski definition) is 4. The fourth-order valence-electron chi connectivity index (χ4n) is 1.85. The Morgan fingerprint density at radius 1 is 1.05 bits per heavy atom. The van der Waals surface area contributed by atoms with E-state index in [4.69, 9.17) is 20.0 Å². The summed E-state index contributed by atoms with van der Waals surface area (Å²) in [4.78, 5) is 26.7. The van der Waals surface area contributed by atoms with Gasteiger partial charge in [0.15, 0.2) is 0 Å². The number of phosphoric acid groups is 2. The highest BCUT2D eigenvalue weighted by atomic mass is 31.3. The lowest BCUT2D eigenvalue weighted by atomic mass is 9.91. The molecule has 0 rings (SSSR count). The maximum Gasteiger partial charge on any atom is 0.481 e. The van der Waals surface area contributed by atoms with Gasteiger partial charge < -0.3 is 20.4 Å². The van der Waals surface area contributed by atoms with Gasteiger partial charge in [0.25, 0.3) is 0 Å². The lowest BCUT2D eigenvalue weighted by Gasteiger charge is -2.33. The Hall–Kier alpha value is 0.220. The number of nitrogens with two attached hydrogens (primary N) is 1. The van der Waals surface area contributed by atoms with Crippen molar-refractivity contribution >= 4 is 15.6 Å². The van der Waals surface area contributed by atoms with Crippen molar-refractivity contribution in [2.75, 3.05) is 6.54 Å². The van der Waals surface area contributed by atoms with E-state index in [1.807, 2.05) is 13.8 Å². The maximum absolute atomic E-state index is 11.7. The first-order valence-corrected chi connectivity index (χ1v) is 9.63. The van der Waals surface area contributed by atoms with Crippen LogP contribution in [0.2, 0.25) is 0 Å². The molecular formula is C10H25NO7P2. The Morgan fingerprint density at radius 2 is 1.50 bits per heavy atom. The van der Waals surface area contributed by atoms with Gasteiger partial charge >= 0.3 is 15.6 Å². The van der Waals surface area contributed by atoms with Crippen LogP contribution in [0.3, 0.4) is 0 Å². The molecule has 0 saturated carbocycles. The minimum atomic E-state index is -5.11. The molecule has 20 heavy (non-hydrogen) atoms. The molecule has 5 N–H and O–H groups in total. The molecule has 0 aromatic carbocycles. The number of phosphoric ester groups is 1. The zero-order valence-electron chi connectivity index (χ0n) is 11.9. The van der Waals surface area contributed by atoms with Crippen molar-refractivity contribution in [3.63, 3.8) is 0 Å². The SMILES string of the molecule is CCCCC(CN)(CCCC)OP(=O)(O)OP(=O)(O)O. The van der Waals surface area contributed by atoms with Crippen LogP contribution in [0.15, 0.2) is 0 Å². The first kappa shape index (κ1) is 20.2. The fraction of sp³-hybridized carbons (Fsp3) is 1.00. The van der Waals surface area contributed by atoms with E-state index in [0.29, 0.717) is 12.8 Å². The standard InChI is InChI=1S/C10H25NO7P2/c1-3-5-7-10(9-11,8-6-4-2)17-20(15,16)18-19(12,13)14/h3-9,11H2,1-2H3,(H,15,16)(H2,12,13,14). The summed E-state index contributed by atoms with van der Waals surface area (Å²) >= 11 is 0. The molecule has 0 aliphatic carbocycles. The molecule has 0 spiro atoms. The molecule has 0 saturated heterocycles. The van der Waals surface area contributed by atoms with Gasteiger partial charge in [-0.25, -0.2) is 9.13 Å². The molecule has 122 valence electrons. The third-order valence-electron chi connectivity index (χ3n) is 2.86. The van der Waals surface area contributed by atoms with Crippen LogP contribution >= 0.6 is 15.6 Å². The average Bonchev–Trinajstić information content (AvgIpc) is 2.29. The Labute approximate surface area is 119 Å². The number of hydrogen-bond acceptors (Lipinski definition) is 5. The van der Waals surface area contributed by atoms with E-state index in [2.05, 4.69) is 4.31 Å². The van der Waals surface area contributed by atoms with Crippen LogP contribution in [-0.2, 0) is 18.0 Å². The van der Waals surface area contributed by atoms with Crippen LogP contribution in [0.4, 0.5) is 0 Å². The molecule has 0 heterocycles. The van der Waals surface area contributed by atoms with Crippen LogP contribution < -0.4 is 5.73 Å². The highest BCUT2D eigenvalue weighted by Gasteiger charge is 2.41. The van der Waals surface area contributed by atoms with Crippen LogP contribution in [0.25, 0.3) is 0 Å². The van der Waals surface area contributed by atoms with E-state index in [1.54, 1.807) is 0 Å². The molecule has 0 aliphatic rings. The van der Waals surface area contributed by atoms with Crippen molar-refractivity contribution in [1.29, 1.82) is 0 Å². The first-order chi connectivity index (χ1) is 9.10. The summed E-state index contributed by atoms with van der Waals surface area (Å²) in [7, 11) is -9.99. The van der Waals surface area contributed by atoms with Gasteiger partial charge in [-0.2, -0.15) is 4.31 Å². The third-order valence-corrected chi connectivity index (χ3v) is 5.16. The second kappa shape index (κ2) is 8.61. The number of rotatable bonds is 11. The third kappa shape index (κ3) is 8.49. The molecule has 0 fully saturated rings. The van der Waals surface area contributed by atoms with E-state index in [-0.39, 0.29) is 6.54 Å². The van der Waals surface area contributed by atoms with E-state index >= 15 is 0 Å². The van der Waals surface area contributed by atoms with Crippen molar-refractivity contribution in [2.45, 2.75) is 58.0 Å². The molecule has 1 atom stereocenters. The smallest absolute Gasteiger partial charge is 0.328 e. The topological polar surface area (TPSA) is 139 Å². The lowest BCUT2D eigenvalue weighted by molar-refractivity contribution is 0.0223. The van der Waals surface area contributed by atoms with E-state index in [1.165, 1.54) is 0 Å². The molecule has 1 unspecified atom stereocenters. The van der Waals surface area contributed by atoms with Crippen molar-refractivity contribution in [1.82, 2.24) is 0 Å². The second-order valence-electron chi connectivity index (χ2n) is 4.73. The Balaban J connectivity index is 5.01. The predicted octanol–water partition coefficient (Wildman–Crippen LogP) is 2.29. The summed E-state index contributed by atoms with van der Waals surface area (Å²) < 4.78 is 31.2. The largest absolute Gasteiger partial charge is 0.481 e. The summed E-state index contributed by atoms with van der Waals surface area (Å²) in [5, 5.41) is 0. The lowest BCUT2D eigenvalue weighted by Crippen LogP contribution is -2.40. The average molecular weight is 333 g/mol. The van der Waals surface area contributed by atoms with Gasteiger partial charge in [0.2, 0.25) is 0 Å². The van der Waals surface area contributed by atoms with Crippen LogP contribution in [0.5, 0.6) is 0 Å². The first-order valence-electron chi connectivity index (χ1n) is 6.60. The van der Waals surface area contributed by atoms with Crippen LogP contribution in [-0.4, -0.2) is 26.8 Å². The quantitative estimate of drug-likeness (QED) is 0.422. The minimum Gasteiger partial charge on any atom is -0.328 e. The summed E-state index contributed by atoms with van der Waals surface area (Å²) in [6.07, 6.45) is 3.97. The molecule has 8 nitrogen and oxygen atoms in total. The van der Waals surface area contributed by atoms with E-state index < -0.39 is 21.2 Å². The number of unbranched alkanes of at least 4 members (excludes halogenated alkanes) is 2. The monoisotopic (exact) mass is 333 g/mol. The Morgan fingerprint density at radius 3 is 1.80 bits per heavy atom. The molecular weight excluding hydrogens is 308 g/mol. The zero-order valence-corrected chi connectivity index (χ0v) is 13.7. The van der Waals surface area contributed by atoms with Crippen molar-refractivity contribution in [2.24, 2.45) is 5.73 Å². The molecule has 0 aromatic rings. The maximum atomic E-state index is 11.7. The Bertz CT molecular complexity index is 363. The van der Waals surface area contributed by atoms with E-state index in [0.717, 1.165) is 25.7 Å². The fourth-order valence-corrected chi connectivity index (χ4v) is 3.81. The molecule has 0 aromatic heterocycles. The molecule has 10 heteroatoms. The van der Waals surface area contributed by atoms with Gasteiger partial charge in [-0.15, -0.1) is 0 Å². The molecule has 0 amide bonds. The molecule has 0 bridgehead atoms. The van der Waals surface area contributed by atoms with Crippen LogP contribution in [0, 0.1) is 0 Å². The van der Waals surface area contributed by atoms with Gasteiger partial charge in [0.05, 0.1) is 5.60 Å². The molecule has 0 radical (unpaired) electrons. The normalized spacial score (nSPS) is 16.1. The van der Waals surface area contributed by atoms with Crippen LogP contribution in [0.1, 0.15) is 52.4 Å². The Kier molecular flexibility index (Phi) is 8.71. The van der Waals surface area contributed by atoms with Gasteiger partial charge in [0, 0.05) is 6.54 Å². The van der Waals surface area contributed by atoms with Crippen molar-refractivity contribution in [3.8, 4) is 0 Å². The summed E-state index contributed by atoms with van der Waals surface area (Å²) in [5.74, 6) is 0. The highest BCUT2D eigenvalue weighted by Crippen LogP contribution is 2.60.